The highest BCUT2D eigenvalue weighted by Crippen LogP contribution is 2.28. The van der Waals surface area contributed by atoms with Gasteiger partial charge in [0.1, 0.15) is 5.76 Å². The fourth-order valence-electron chi connectivity index (χ4n) is 3.42. The Hall–Kier alpha value is -3.25. The van der Waals surface area contributed by atoms with Gasteiger partial charge in [-0.2, -0.15) is 0 Å². The first-order valence-electron chi connectivity index (χ1n) is 9.35. The molecule has 0 fully saturated rings. The van der Waals surface area contributed by atoms with Gasteiger partial charge in [-0.25, -0.2) is 9.37 Å². The largest absolute Gasteiger partial charge is 0.494 e. The van der Waals surface area contributed by atoms with Gasteiger partial charge in [0.15, 0.2) is 11.6 Å². The molecule has 0 radical (unpaired) electrons. The zero-order valence-electron chi connectivity index (χ0n) is 16.6. The van der Waals surface area contributed by atoms with E-state index in [1.807, 2.05) is 25.4 Å². The molecule has 0 aliphatic heterocycles. The molecule has 4 rings (SSSR count). The Morgan fingerprint density at radius 3 is 2.83 bits per heavy atom. The Balaban J connectivity index is 1.54. The molecule has 0 atom stereocenters. The van der Waals surface area contributed by atoms with Crippen molar-refractivity contribution in [2.45, 2.75) is 20.0 Å². The van der Waals surface area contributed by atoms with Crippen molar-refractivity contribution < 1.29 is 13.5 Å². The molecular formula is C23H22FN3O2. The van der Waals surface area contributed by atoms with Crippen molar-refractivity contribution >= 4 is 10.8 Å². The summed E-state index contributed by atoms with van der Waals surface area (Å²) < 4.78 is 24.6. The van der Waals surface area contributed by atoms with E-state index >= 15 is 0 Å². The minimum Gasteiger partial charge on any atom is -0.494 e. The van der Waals surface area contributed by atoms with E-state index in [1.54, 1.807) is 12.1 Å². The van der Waals surface area contributed by atoms with E-state index in [2.05, 4.69) is 40.1 Å². The number of fused-ring (bicyclic) bond motifs is 1. The van der Waals surface area contributed by atoms with Crippen LogP contribution in [0.25, 0.3) is 22.2 Å². The summed E-state index contributed by atoms with van der Waals surface area (Å²) in [6.07, 6.45) is 3.70. The molecule has 0 N–H and O–H groups in total. The Bertz CT molecular complexity index is 1150. The summed E-state index contributed by atoms with van der Waals surface area (Å²) in [4.78, 5) is 11.0. The topological polar surface area (TPSA) is 51.4 Å². The van der Waals surface area contributed by atoms with Crippen molar-refractivity contribution in [3.05, 3.63) is 77.7 Å². The second kappa shape index (κ2) is 8.01. The summed E-state index contributed by atoms with van der Waals surface area (Å²) in [6.45, 7) is 3.30. The third-order valence-electron chi connectivity index (χ3n) is 4.92. The van der Waals surface area contributed by atoms with Crippen LogP contribution in [0.1, 0.15) is 17.0 Å². The van der Waals surface area contributed by atoms with E-state index in [0.717, 1.165) is 23.4 Å². The number of oxazole rings is 1. The van der Waals surface area contributed by atoms with Crippen LogP contribution >= 0.6 is 0 Å². The van der Waals surface area contributed by atoms with Crippen LogP contribution in [0.2, 0.25) is 0 Å². The average Bonchev–Trinajstić information content (AvgIpc) is 3.09. The smallest absolute Gasteiger partial charge is 0.226 e. The monoisotopic (exact) mass is 391 g/mol. The number of rotatable bonds is 6. The number of pyridine rings is 1. The van der Waals surface area contributed by atoms with E-state index in [4.69, 9.17) is 9.15 Å². The van der Waals surface area contributed by atoms with Gasteiger partial charge in [0.25, 0.3) is 0 Å². The summed E-state index contributed by atoms with van der Waals surface area (Å²) >= 11 is 0. The molecule has 2 aromatic carbocycles. The molecule has 0 saturated heterocycles. The number of benzene rings is 2. The van der Waals surface area contributed by atoms with Gasteiger partial charge in [0, 0.05) is 36.4 Å². The molecule has 0 aliphatic rings. The van der Waals surface area contributed by atoms with Gasteiger partial charge >= 0.3 is 0 Å². The van der Waals surface area contributed by atoms with Crippen molar-refractivity contribution in [3.63, 3.8) is 0 Å². The summed E-state index contributed by atoms with van der Waals surface area (Å²) in [5.74, 6) is 0.963. The molecule has 5 nitrogen and oxygen atoms in total. The number of hydrogen-bond donors (Lipinski definition) is 0. The quantitative estimate of drug-likeness (QED) is 0.464. The summed E-state index contributed by atoms with van der Waals surface area (Å²) in [7, 11) is 3.49. The third kappa shape index (κ3) is 3.98. The Kier molecular flexibility index (Phi) is 5.27. The Morgan fingerprint density at radius 2 is 2.00 bits per heavy atom. The first-order valence-corrected chi connectivity index (χ1v) is 9.35. The molecule has 4 aromatic rings. The average molecular weight is 391 g/mol. The van der Waals surface area contributed by atoms with Crippen molar-refractivity contribution in [3.8, 4) is 17.2 Å². The van der Waals surface area contributed by atoms with E-state index < -0.39 is 5.82 Å². The highest BCUT2D eigenvalue weighted by molar-refractivity contribution is 5.84. The van der Waals surface area contributed by atoms with E-state index in [1.165, 1.54) is 24.1 Å². The van der Waals surface area contributed by atoms with Crippen molar-refractivity contribution in [2.75, 3.05) is 14.2 Å². The number of aromatic nitrogens is 2. The normalized spacial score (nSPS) is 11.3. The molecule has 6 heteroatoms. The molecule has 0 unspecified atom stereocenters. The van der Waals surface area contributed by atoms with Gasteiger partial charge < -0.3 is 9.15 Å². The number of halogens is 1. The number of ether oxygens (including phenoxy) is 1. The van der Waals surface area contributed by atoms with E-state index in [0.29, 0.717) is 18.0 Å². The lowest BCUT2D eigenvalue weighted by Gasteiger charge is -2.17. The van der Waals surface area contributed by atoms with Crippen LogP contribution in [0.4, 0.5) is 4.39 Å². The first kappa shape index (κ1) is 19.1. The van der Waals surface area contributed by atoms with Gasteiger partial charge in [-0.1, -0.05) is 18.2 Å². The van der Waals surface area contributed by atoms with Gasteiger partial charge in [0.05, 0.1) is 12.8 Å². The number of aryl methyl sites for hydroxylation is 1. The zero-order chi connectivity index (χ0) is 20.4. The van der Waals surface area contributed by atoms with Gasteiger partial charge in [-0.05, 0) is 49.2 Å². The number of methoxy groups -OCH3 is 1. The molecule has 2 aromatic heterocycles. The molecule has 0 saturated carbocycles. The van der Waals surface area contributed by atoms with Crippen LogP contribution in [-0.4, -0.2) is 29.0 Å². The molecule has 0 spiro atoms. The summed E-state index contributed by atoms with van der Waals surface area (Å²) in [6, 6.07) is 12.9. The molecule has 29 heavy (non-hydrogen) atoms. The lowest BCUT2D eigenvalue weighted by atomic mass is 10.1. The second-order valence-corrected chi connectivity index (χ2v) is 7.06. The van der Waals surface area contributed by atoms with Gasteiger partial charge in [-0.15, -0.1) is 0 Å². The van der Waals surface area contributed by atoms with Crippen molar-refractivity contribution in [1.29, 1.82) is 0 Å². The number of hydrogen-bond acceptors (Lipinski definition) is 5. The van der Waals surface area contributed by atoms with Gasteiger partial charge in [-0.3, -0.25) is 9.88 Å². The lowest BCUT2D eigenvalue weighted by Crippen LogP contribution is -2.18. The van der Waals surface area contributed by atoms with Crippen molar-refractivity contribution in [1.82, 2.24) is 14.9 Å². The van der Waals surface area contributed by atoms with E-state index in [-0.39, 0.29) is 5.75 Å². The predicted octanol–water partition coefficient (Wildman–Crippen LogP) is 4.98. The first-order chi connectivity index (χ1) is 14.0. The van der Waals surface area contributed by atoms with Crippen LogP contribution < -0.4 is 4.74 Å². The van der Waals surface area contributed by atoms with Crippen LogP contribution in [0, 0.1) is 12.7 Å². The second-order valence-electron chi connectivity index (χ2n) is 7.06. The van der Waals surface area contributed by atoms with Crippen LogP contribution in [0.15, 0.2) is 59.3 Å². The zero-order valence-corrected chi connectivity index (χ0v) is 16.6. The highest BCUT2D eigenvalue weighted by atomic mass is 19.1. The van der Waals surface area contributed by atoms with Gasteiger partial charge in [0.2, 0.25) is 5.89 Å². The molecular weight excluding hydrogens is 369 g/mol. The fraction of sp³-hybridized carbons (Fsp3) is 0.217. The Labute approximate surface area is 168 Å². The minimum absolute atomic E-state index is 0.169. The summed E-state index contributed by atoms with van der Waals surface area (Å²) in [5.41, 5.74) is 2.77. The lowest BCUT2D eigenvalue weighted by molar-refractivity contribution is 0.314. The van der Waals surface area contributed by atoms with Crippen LogP contribution in [0.3, 0.4) is 0 Å². The van der Waals surface area contributed by atoms with E-state index in [9.17, 15) is 4.39 Å². The standard InChI is InChI=1S/C23H22FN3O2/c1-15-21(26-23(29-15)16-7-8-20(24)22(11-16)28-3)14-27(2)13-18-6-4-5-17-12-25-10-9-19(17)18/h4-12H,13-14H2,1-3H3. The number of nitrogens with zero attached hydrogens (tertiary/aromatic N) is 3. The SMILES string of the molecule is COc1cc(-c2nc(CN(C)Cc3cccc4cnccc34)c(C)o2)ccc1F. The maximum atomic E-state index is 13.7. The Morgan fingerprint density at radius 1 is 1.14 bits per heavy atom. The maximum Gasteiger partial charge on any atom is 0.226 e. The fourth-order valence-corrected chi connectivity index (χ4v) is 3.42. The van der Waals surface area contributed by atoms with Crippen molar-refractivity contribution in [2.24, 2.45) is 0 Å². The molecule has 2 heterocycles. The van der Waals surface area contributed by atoms with Crippen LogP contribution in [0.5, 0.6) is 5.75 Å². The highest BCUT2D eigenvalue weighted by Gasteiger charge is 2.15. The minimum atomic E-state index is -0.412. The molecule has 0 aliphatic carbocycles. The maximum absolute atomic E-state index is 13.7. The molecule has 0 amide bonds. The predicted molar refractivity (Wildman–Crippen MR) is 110 cm³/mol. The third-order valence-corrected chi connectivity index (χ3v) is 4.92. The van der Waals surface area contributed by atoms with Crippen LogP contribution in [-0.2, 0) is 13.1 Å². The molecule has 0 bridgehead atoms. The molecule has 148 valence electrons. The summed E-state index contributed by atoms with van der Waals surface area (Å²) in [5, 5.41) is 2.33.